The van der Waals surface area contributed by atoms with E-state index in [1.807, 2.05) is 6.07 Å². The molecule has 1 aliphatic carbocycles. The maximum Gasteiger partial charge on any atom is 0.418 e. The van der Waals surface area contributed by atoms with Crippen LogP contribution in [-0.2, 0) is 32.9 Å². The smallest absolute Gasteiger partial charge is 0.418 e. The number of halogens is 4. The zero-order valence-electron chi connectivity index (χ0n) is 20.6. The van der Waals surface area contributed by atoms with Gasteiger partial charge in [-0.25, -0.2) is 14.1 Å². The van der Waals surface area contributed by atoms with Gasteiger partial charge in [-0.3, -0.25) is 19.6 Å². The van der Waals surface area contributed by atoms with Crippen LogP contribution in [-0.4, -0.2) is 56.4 Å². The molecule has 39 heavy (non-hydrogen) atoms. The quantitative estimate of drug-likeness (QED) is 0.430. The Labute approximate surface area is 220 Å². The topological polar surface area (TPSA) is 92.7 Å². The molecule has 1 fully saturated rings. The molecule has 2 atom stereocenters. The Morgan fingerprint density at radius 1 is 1.15 bits per heavy atom. The number of hydrogen-bond donors (Lipinski definition) is 0. The van der Waals surface area contributed by atoms with Crippen LogP contribution in [0.1, 0.15) is 30.0 Å². The second-order valence-corrected chi connectivity index (χ2v) is 9.41. The molecule has 202 valence electrons. The van der Waals surface area contributed by atoms with Crippen LogP contribution in [0.5, 0.6) is 0 Å². The van der Waals surface area contributed by atoms with Crippen molar-refractivity contribution in [3.05, 3.63) is 83.6 Å². The molecule has 2 aliphatic rings. The molecule has 0 saturated carbocycles. The van der Waals surface area contributed by atoms with Gasteiger partial charge in [0.05, 0.1) is 11.9 Å². The van der Waals surface area contributed by atoms with E-state index in [1.165, 1.54) is 18.3 Å². The number of imide groups is 1. The third kappa shape index (κ3) is 4.82. The number of rotatable bonds is 6. The SMILES string of the molecule is C[C@H](N(Cc1ccc(F)cc1)C(=O)CN1C(=O)O[C@@]2(CCc3cc(-c4cnccn4)ccc32)C1=O)C(F)(F)F. The number of amides is 3. The van der Waals surface area contributed by atoms with Gasteiger partial charge in [0.1, 0.15) is 18.4 Å². The summed E-state index contributed by atoms with van der Waals surface area (Å²) in [6, 6.07) is 7.59. The van der Waals surface area contributed by atoms with Gasteiger partial charge in [-0.2, -0.15) is 13.2 Å². The van der Waals surface area contributed by atoms with Crippen LogP contribution in [0.2, 0.25) is 0 Å². The van der Waals surface area contributed by atoms with Crippen molar-refractivity contribution in [2.24, 2.45) is 0 Å². The lowest BCUT2D eigenvalue weighted by Gasteiger charge is -2.31. The van der Waals surface area contributed by atoms with E-state index in [4.69, 9.17) is 4.74 Å². The van der Waals surface area contributed by atoms with Crippen molar-refractivity contribution in [2.45, 2.75) is 44.1 Å². The Balaban J connectivity index is 1.39. The van der Waals surface area contributed by atoms with Crippen molar-refractivity contribution in [3.63, 3.8) is 0 Å². The summed E-state index contributed by atoms with van der Waals surface area (Å²) in [6.45, 7) is -0.640. The lowest BCUT2D eigenvalue weighted by molar-refractivity contribution is -0.187. The van der Waals surface area contributed by atoms with Crippen LogP contribution in [0.15, 0.2) is 61.1 Å². The van der Waals surface area contributed by atoms with Crippen molar-refractivity contribution < 1.29 is 36.7 Å². The predicted octanol–water partition coefficient (Wildman–Crippen LogP) is 4.38. The number of carbonyl (C=O) groups excluding carboxylic acids is 3. The second kappa shape index (κ2) is 9.75. The first kappa shape index (κ1) is 26.3. The molecule has 3 amide bonds. The minimum Gasteiger partial charge on any atom is -0.427 e. The van der Waals surface area contributed by atoms with Gasteiger partial charge < -0.3 is 9.64 Å². The maximum absolute atomic E-state index is 13.6. The van der Waals surface area contributed by atoms with Gasteiger partial charge in [0, 0.05) is 36.5 Å². The molecular weight excluding hydrogens is 520 g/mol. The third-order valence-corrected chi connectivity index (χ3v) is 7.04. The first-order valence-corrected chi connectivity index (χ1v) is 12.0. The Morgan fingerprint density at radius 2 is 1.90 bits per heavy atom. The number of ether oxygens (including phenoxy) is 1. The van der Waals surface area contributed by atoms with Crippen molar-refractivity contribution in [1.82, 2.24) is 19.8 Å². The molecule has 5 rings (SSSR count). The van der Waals surface area contributed by atoms with Crippen molar-refractivity contribution in [1.29, 1.82) is 0 Å². The molecule has 8 nitrogen and oxygen atoms in total. The molecule has 1 saturated heterocycles. The van der Waals surface area contributed by atoms with E-state index in [1.54, 1.807) is 24.5 Å². The van der Waals surface area contributed by atoms with Gasteiger partial charge >= 0.3 is 12.3 Å². The van der Waals surface area contributed by atoms with E-state index < -0.39 is 54.6 Å². The predicted molar refractivity (Wildman–Crippen MR) is 128 cm³/mol. The van der Waals surface area contributed by atoms with Crippen LogP contribution in [0.25, 0.3) is 11.3 Å². The summed E-state index contributed by atoms with van der Waals surface area (Å²) in [6.07, 6.45) is -0.709. The van der Waals surface area contributed by atoms with Crippen LogP contribution in [0.3, 0.4) is 0 Å². The van der Waals surface area contributed by atoms with Gasteiger partial charge in [0.2, 0.25) is 11.5 Å². The number of carbonyl (C=O) groups is 3. The van der Waals surface area contributed by atoms with E-state index in [2.05, 4.69) is 9.97 Å². The molecule has 1 spiro atoms. The monoisotopic (exact) mass is 542 g/mol. The molecule has 3 aromatic rings. The molecule has 1 aliphatic heterocycles. The molecule has 2 aromatic carbocycles. The Kier molecular flexibility index (Phi) is 6.57. The minimum absolute atomic E-state index is 0.125. The average Bonchev–Trinajstić information content (AvgIpc) is 3.39. The van der Waals surface area contributed by atoms with E-state index in [9.17, 15) is 31.9 Å². The lowest BCUT2D eigenvalue weighted by Crippen LogP contribution is -2.51. The number of nitrogens with zero attached hydrogens (tertiary/aromatic N) is 4. The Hall–Kier alpha value is -4.35. The van der Waals surface area contributed by atoms with E-state index >= 15 is 0 Å². The highest BCUT2D eigenvalue weighted by molar-refractivity contribution is 6.06. The van der Waals surface area contributed by atoms with Crippen molar-refractivity contribution in [3.8, 4) is 11.3 Å². The largest absolute Gasteiger partial charge is 0.427 e. The molecular formula is C27H22F4N4O4. The van der Waals surface area contributed by atoms with Gasteiger partial charge in [-0.05, 0) is 42.7 Å². The fourth-order valence-electron chi connectivity index (χ4n) is 4.89. The van der Waals surface area contributed by atoms with Crippen LogP contribution in [0.4, 0.5) is 22.4 Å². The zero-order chi connectivity index (χ0) is 27.9. The number of hydrogen-bond acceptors (Lipinski definition) is 6. The molecule has 12 heteroatoms. The van der Waals surface area contributed by atoms with Crippen molar-refractivity contribution >= 4 is 17.9 Å². The molecule has 2 heterocycles. The van der Waals surface area contributed by atoms with Gasteiger partial charge in [0.25, 0.3) is 5.91 Å². The summed E-state index contributed by atoms with van der Waals surface area (Å²) in [5, 5.41) is 0. The van der Waals surface area contributed by atoms with Gasteiger partial charge in [-0.15, -0.1) is 0 Å². The summed E-state index contributed by atoms with van der Waals surface area (Å²) in [5.41, 5.74) is 1.15. The first-order valence-electron chi connectivity index (χ1n) is 12.0. The van der Waals surface area contributed by atoms with E-state index in [-0.39, 0.29) is 12.0 Å². The number of aryl methyl sites for hydroxylation is 1. The van der Waals surface area contributed by atoms with Crippen molar-refractivity contribution in [2.75, 3.05) is 6.54 Å². The van der Waals surface area contributed by atoms with Crippen LogP contribution >= 0.6 is 0 Å². The Bertz CT molecular complexity index is 1430. The van der Waals surface area contributed by atoms with Crippen LogP contribution < -0.4 is 0 Å². The summed E-state index contributed by atoms with van der Waals surface area (Å²) >= 11 is 0. The number of alkyl halides is 3. The fourth-order valence-corrected chi connectivity index (χ4v) is 4.89. The molecule has 0 unspecified atom stereocenters. The fraction of sp³-hybridized carbons (Fsp3) is 0.296. The number of benzene rings is 2. The van der Waals surface area contributed by atoms with E-state index in [0.29, 0.717) is 27.5 Å². The minimum atomic E-state index is -4.78. The molecule has 0 bridgehead atoms. The third-order valence-electron chi connectivity index (χ3n) is 7.04. The summed E-state index contributed by atoms with van der Waals surface area (Å²) in [4.78, 5) is 48.8. The van der Waals surface area contributed by atoms with E-state index in [0.717, 1.165) is 30.2 Å². The lowest BCUT2D eigenvalue weighted by atomic mass is 9.93. The highest BCUT2D eigenvalue weighted by Gasteiger charge is 2.58. The Morgan fingerprint density at radius 3 is 2.56 bits per heavy atom. The maximum atomic E-state index is 13.6. The summed E-state index contributed by atoms with van der Waals surface area (Å²) in [7, 11) is 0. The number of fused-ring (bicyclic) bond motifs is 2. The summed E-state index contributed by atoms with van der Waals surface area (Å²) < 4.78 is 59.7. The summed E-state index contributed by atoms with van der Waals surface area (Å²) in [5.74, 6) is -2.51. The standard InChI is InChI=1S/C27H22F4N4O4/c1-16(27(29,30)31)34(14-17-2-5-20(28)6-3-17)23(36)15-35-24(37)26(39-25(35)38)9-8-18-12-19(4-7-21(18)26)22-13-32-10-11-33-22/h2-7,10-13,16H,8-9,14-15H2,1H3/t16-,26+/m0/s1. The first-order chi connectivity index (χ1) is 18.5. The average molecular weight is 542 g/mol. The molecule has 0 radical (unpaired) electrons. The van der Waals surface area contributed by atoms with Crippen LogP contribution in [0, 0.1) is 5.82 Å². The highest BCUT2D eigenvalue weighted by atomic mass is 19.4. The highest BCUT2D eigenvalue weighted by Crippen LogP contribution is 2.46. The molecule has 1 aromatic heterocycles. The molecule has 0 N–H and O–H groups in total. The van der Waals surface area contributed by atoms with Gasteiger partial charge in [0.15, 0.2) is 0 Å². The second-order valence-electron chi connectivity index (χ2n) is 9.41. The van der Waals surface area contributed by atoms with Gasteiger partial charge in [-0.1, -0.05) is 24.3 Å². The zero-order valence-corrected chi connectivity index (χ0v) is 20.6. The number of aromatic nitrogens is 2. The normalized spacial score (nSPS) is 19.3.